The first-order chi connectivity index (χ1) is 26.5. The van der Waals surface area contributed by atoms with Crippen LogP contribution in [0.25, 0.3) is 22.3 Å². The second-order valence-electron chi connectivity index (χ2n) is 16.6. The summed E-state index contributed by atoms with van der Waals surface area (Å²) in [6.45, 7) is 13.5. The van der Waals surface area contributed by atoms with E-state index < -0.39 is 5.54 Å². The Morgan fingerprint density at radius 3 is 1.76 bits per heavy atom. The Balaban J connectivity index is 1.10. The number of anilines is 5. The molecule has 3 aliphatic rings. The Morgan fingerprint density at radius 2 is 1.04 bits per heavy atom. The summed E-state index contributed by atoms with van der Waals surface area (Å²) in [7, 11) is 0. The molecule has 1 aliphatic carbocycles. The summed E-state index contributed by atoms with van der Waals surface area (Å²) in [6, 6.07) is 52.9. The van der Waals surface area contributed by atoms with Gasteiger partial charge in [0.2, 0.25) is 0 Å². The third-order valence-corrected chi connectivity index (χ3v) is 12.1. The van der Waals surface area contributed by atoms with Crippen molar-refractivity contribution in [3.63, 3.8) is 0 Å². The standard InChI is InChI=1S/C50H43N5/c1-48(2)40-17-11-10-16-38(40)39-29-28-37(30-42(39)48)54(35-24-20-33(21-25-35)32-14-8-7-9-15-32)36-26-22-34(23-27-36)47-53-50(5,6)46-44-45(51-31-52-46)49(3,4)41-18-12-13-19-43(41)55(44)47/h7-31H,1-6H3. The molecule has 0 unspecified atom stereocenters. The lowest BCUT2D eigenvalue weighted by Crippen LogP contribution is -2.44. The summed E-state index contributed by atoms with van der Waals surface area (Å²) < 4.78 is 0. The van der Waals surface area contributed by atoms with Gasteiger partial charge in [-0.2, -0.15) is 0 Å². The van der Waals surface area contributed by atoms with Crippen LogP contribution < -0.4 is 9.80 Å². The first-order valence-electron chi connectivity index (χ1n) is 19.2. The van der Waals surface area contributed by atoms with Gasteiger partial charge in [-0.05, 0) is 121 Å². The Morgan fingerprint density at radius 1 is 0.473 bits per heavy atom. The molecule has 0 saturated carbocycles. The zero-order valence-electron chi connectivity index (χ0n) is 32.2. The van der Waals surface area contributed by atoms with Crippen LogP contribution in [0.1, 0.15) is 75.2 Å². The van der Waals surface area contributed by atoms with E-state index in [1.807, 2.05) is 0 Å². The van der Waals surface area contributed by atoms with Crippen LogP contribution in [-0.2, 0) is 16.4 Å². The van der Waals surface area contributed by atoms with Crippen LogP contribution in [-0.4, -0.2) is 15.8 Å². The van der Waals surface area contributed by atoms with Crippen molar-refractivity contribution in [2.24, 2.45) is 4.99 Å². The van der Waals surface area contributed by atoms with Gasteiger partial charge < -0.3 is 4.90 Å². The SMILES string of the molecule is CC1(C)N=C(c2ccc(N(c3ccc(-c4ccccc4)cc3)c3ccc4c(c3)C(C)(C)c3ccccc3-4)cc2)N2c3ccccc3C(C)(C)c3ncnc1c32. The van der Waals surface area contributed by atoms with Gasteiger partial charge in [0.25, 0.3) is 0 Å². The van der Waals surface area contributed by atoms with E-state index in [1.54, 1.807) is 6.33 Å². The number of benzene rings is 6. The molecule has 3 heterocycles. The normalized spacial score (nSPS) is 16.3. The van der Waals surface area contributed by atoms with Crippen LogP contribution in [0, 0.1) is 0 Å². The van der Waals surface area contributed by atoms with Gasteiger partial charge in [0.05, 0.1) is 22.8 Å². The monoisotopic (exact) mass is 713 g/mol. The molecule has 0 spiro atoms. The molecule has 10 rings (SSSR count). The molecule has 0 amide bonds. The van der Waals surface area contributed by atoms with Gasteiger partial charge in [0, 0.05) is 33.5 Å². The maximum absolute atomic E-state index is 5.44. The van der Waals surface area contributed by atoms with Crippen LogP contribution >= 0.6 is 0 Å². The van der Waals surface area contributed by atoms with Crippen molar-refractivity contribution in [2.75, 3.05) is 9.80 Å². The van der Waals surface area contributed by atoms with Crippen molar-refractivity contribution < 1.29 is 0 Å². The van der Waals surface area contributed by atoms with Gasteiger partial charge in [-0.25, -0.2) is 9.97 Å². The largest absolute Gasteiger partial charge is 0.310 e. The molecule has 0 fully saturated rings. The van der Waals surface area contributed by atoms with E-state index >= 15 is 0 Å². The van der Waals surface area contributed by atoms with E-state index in [0.717, 1.165) is 51.2 Å². The molecule has 5 nitrogen and oxygen atoms in total. The Labute approximate surface area is 323 Å². The second kappa shape index (κ2) is 11.8. The predicted molar refractivity (Wildman–Crippen MR) is 226 cm³/mol. The lowest BCUT2D eigenvalue weighted by Gasteiger charge is -2.46. The summed E-state index contributed by atoms with van der Waals surface area (Å²) in [5.74, 6) is 0.902. The number of aromatic nitrogens is 2. The van der Waals surface area contributed by atoms with Crippen molar-refractivity contribution in [3.05, 3.63) is 186 Å². The average molecular weight is 714 g/mol. The highest BCUT2D eigenvalue weighted by Gasteiger charge is 2.46. The number of para-hydroxylation sites is 1. The third-order valence-electron chi connectivity index (χ3n) is 12.1. The second-order valence-corrected chi connectivity index (χ2v) is 16.6. The van der Waals surface area contributed by atoms with Crippen LogP contribution in [0.2, 0.25) is 0 Å². The first-order valence-corrected chi connectivity index (χ1v) is 19.2. The Kier molecular flexibility index (Phi) is 7.15. The predicted octanol–water partition coefficient (Wildman–Crippen LogP) is 12.4. The van der Waals surface area contributed by atoms with E-state index in [4.69, 9.17) is 15.0 Å². The zero-order valence-corrected chi connectivity index (χ0v) is 32.2. The highest BCUT2D eigenvalue weighted by atomic mass is 15.3. The highest BCUT2D eigenvalue weighted by molar-refractivity contribution is 6.17. The number of aliphatic imine (C=N–C) groups is 1. The van der Waals surface area contributed by atoms with Gasteiger partial charge in [0.1, 0.15) is 17.7 Å². The highest BCUT2D eigenvalue weighted by Crippen LogP contribution is 2.54. The maximum Gasteiger partial charge on any atom is 0.141 e. The third kappa shape index (κ3) is 4.95. The number of hydrogen-bond donors (Lipinski definition) is 0. The lowest BCUT2D eigenvalue weighted by molar-refractivity contribution is 0.516. The molecule has 7 aromatic rings. The number of fused-ring (bicyclic) bond motifs is 5. The topological polar surface area (TPSA) is 44.6 Å². The zero-order chi connectivity index (χ0) is 37.7. The lowest BCUT2D eigenvalue weighted by atomic mass is 9.74. The van der Waals surface area contributed by atoms with Gasteiger partial charge in [0.15, 0.2) is 0 Å². The molecule has 0 radical (unpaired) electrons. The summed E-state index contributed by atoms with van der Waals surface area (Å²) in [5, 5.41) is 0. The van der Waals surface area contributed by atoms with E-state index in [1.165, 1.54) is 38.9 Å². The molecule has 268 valence electrons. The fourth-order valence-corrected chi connectivity index (χ4v) is 9.19. The Hall–Kier alpha value is -6.33. The minimum Gasteiger partial charge on any atom is -0.310 e. The number of amidine groups is 1. The fraction of sp³-hybridized carbons (Fsp3) is 0.180. The Bertz CT molecular complexity index is 2670. The first kappa shape index (κ1) is 33.3. The van der Waals surface area contributed by atoms with Gasteiger partial charge >= 0.3 is 0 Å². The summed E-state index contributed by atoms with van der Waals surface area (Å²) in [5.41, 5.74) is 16.5. The molecule has 55 heavy (non-hydrogen) atoms. The minimum atomic E-state index is -0.540. The smallest absolute Gasteiger partial charge is 0.141 e. The van der Waals surface area contributed by atoms with E-state index in [-0.39, 0.29) is 10.8 Å². The van der Waals surface area contributed by atoms with Crippen LogP contribution in [0.15, 0.2) is 157 Å². The molecule has 6 aromatic carbocycles. The van der Waals surface area contributed by atoms with E-state index in [2.05, 4.69) is 197 Å². The van der Waals surface area contributed by atoms with Crippen molar-refractivity contribution in [1.29, 1.82) is 0 Å². The van der Waals surface area contributed by atoms with Crippen LogP contribution in [0.3, 0.4) is 0 Å². The molecule has 2 aliphatic heterocycles. The molecule has 5 heteroatoms. The molecule has 0 N–H and O–H groups in total. The van der Waals surface area contributed by atoms with Crippen molar-refractivity contribution in [3.8, 4) is 22.3 Å². The quantitative estimate of drug-likeness (QED) is 0.178. The average Bonchev–Trinajstić information content (AvgIpc) is 3.43. The molecule has 1 aromatic heterocycles. The summed E-state index contributed by atoms with van der Waals surface area (Å²) >= 11 is 0. The van der Waals surface area contributed by atoms with Gasteiger partial charge in [-0.15, -0.1) is 0 Å². The van der Waals surface area contributed by atoms with E-state index in [0.29, 0.717) is 0 Å². The van der Waals surface area contributed by atoms with Crippen molar-refractivity contribution in [2.45, 2.75) is 57.9 Å². The van der Waals surface area contributed by atoms with Gasteiger partial charge in [-0.3, -0.25) is 9.89 Å². The molecule has 0 saturated heterocycles. The maximum atomic E-state index is 5.44. The number of nitrogens with zero attached hydrogens (tertiary/aromatic N) is 5. The van der Waals surface area contributed by atoms with Crippen LogP contribution in [0.4, 0.5) is 28.4 Å². The molecule has 0 atom stereocenters. The number of hydrogen-bond acceptors (Lipinski definition) is 5. The van der Waals surface area contributed by atoms with E-state index in [9.17, 15) is 0 Å². The molecular weight excluding hydrogens is 671 g/mol. The fourth-order valence-electron chi connectivity index (χ4n) is 9.19. The van der Waals surface area contributed by atoms with Crippen molar-refractivity contribution >= 4 is 34.3 Å². The minimum absolute atomic E-state index is 0.112. The molecular formula is C50H43N5. The van der Waals surface area contributed by atoms with Crippen LogP contribution in [0.5, 0.6) is 0 Å². The number of rotatable bonds is 5. The molecule has 0 bridgehead atoms. The summed E-state index contributed by atoms with van der Waals surface area (Å²) in [6.07, 6.45) is 1.71. The van der Waals surface area contributed by atoms with Crippen molar-refractivity contribution in [1.82, 2.24) is 9.97 Å². The van der Waals surface area contributed by atoms with Gasteiger partial charge in [-0.1, -0.05) is 105 Å². The summed E-state index contributed by atoms with van der Waals surface area (Å²) in [4.78, 5) is 19.9.